The predicted molar refractivity (Wildman–Crippen MR) is 110 cm³/mol. The van der Waals surface area contributed by atoms with E-state index in [4.69, 9.17) is 5.73 Å². The number of hydrogen-bond acceptors (Lipinski definition) is 1. The summed E-state index contributed by atoms with van der Waals surface area (Å²) in [7, 11) is 0. The predicted octanol–water partition coefficient (Wildman–Crippen LogP) is 7.73. The molecule has 1 heteroatoms. The third-order valence-electron chi connectivity index (χ3n) is 5.01. The van der Waals surface area contributed by atoms with Gasteiger partial charge in [0.05, 0.1) is 0 Å². The molecule has 0 amide bonds. The van der Waals surface area contributed by atoms with Gasteiger partial charge in [-0.25, -0.2) is 0 Å². The van der Waals surface area contributed by atoms with Crippen molar-refractivity contribution in [2.24, 2.45) is 5.73 Å². The van der Waals surface area contributed by atoms with Gasteiger partial charge in [0, 0.05) is 12.5 Å². The van der Waals surface area contributed by atoms with Crippen LogP contribution in [0.25, 0.3) is 0 Å². The molecular formula is C23H45N. The highest BCUT2D eigenvalue weighted by atomic mass is 14.4. The Morgan fingerprint density at radius 3 is 1.04 bits per heavy atom. The van der Waals surface area contributed by atoms with Crippen LogP contribution in [0.2, 0.25) is 0 Å². The van der Waals surface area contributed by atoms with Gasteiger partial charge in [-0.2, -0.15) is 0 Å². The average molecular weight is 336 g/mol. The van der Waals surface area contributed by atoms with Gasteiger partial charge in [0.15, 0.2) is 0 Å². The first kappa shape index (κ1) is 23.4. The Morgan fingerprint density at radius 2 is 0.750 bits per heavy atom. The molecule has 0 atom stereocenters. The van der Waals surface area contributed by atoms with Gasteiger partial charge in [-0.15, -0.1) is 0 Å². The standard InChI is InChI=1S/C23H45N/c1-2-3-4-5-6-7-8-9-10-11-12-13-14-15-16-17-18-19-20-21-22-23-24/h2-21,24H2,1H3. The number of rotatable bonds is 19. The van der Waals surface area contributed by atoms with Gasteiger partial charge in [-0.1, -0.05) is 128 Å². The molecule has 0 bridgehead atoms. The van der Waals surface area contributed by atoms with E-state index in [0.29, 0.717) is 0 Å². The molecule has 0 fully saturated rings. The lowest BCUT2D eigenvalue weighted by atomic mass is 10.0. The second kappa shape index (κ2) is 22.4. The maximum absolute atomic E-state index is 5.15. The number of hydrogen-bond donors (Lipinski definition) is 1. The van der Waals surface area contributed by atoms with Gasteiger partial charge in [0.1, 0.15) is 0 Å². The Morgan fingerprint density at radius 1 is 0.458 bits per heavy atom. The maximum Gasteiger partial charge on any atom is 0.0107 e. The number of nitrogens with two attached hydrogens (primary N) is 1. The zero-order valence-corrected chi connectivity index (χ0v) is 16.7. The first-order valence-corrected chi connectivity index (χ1v) is 11.1. The fraction of sp³-hybridized carbons (Fsp3) is 0.913. The molecule has 0 heterocycles. The lowest BCUT2D eigenvalue weighted by Crippen LogP contribution is -1.84. The Hall–Kier alpha value is -0.640. The summed E-state index contributed by atoms with van der Waals surface area (Å²) < 4.78 is 0. The molecule has 0 aromatic rings. The third kappa shape index (κ3) is 21.4. The zero-order valence-electron chi connectivity index (χ0n) is 16.7. The maximum atomic E-state index is 5.15. The summed E-state index contributed by atoms with van der Waals surface area (Å²) in [5.74, 6) is 2.93. The van der Waals surface area contributed by atoms with Crippen LogP contribution in [-0.2, 0) is 0 Å². The van der Waals surface area contributed by atoms with E-state index in [0.717, 1.165) is 6.42 Å². The molecule has 0 aliphatic heterocycles. The molecule has 0 saturated heterocycles. The summed E-state index contributed by atoms with van der Waals surface area (Å²) in [5.41, 5.74) is 5.15. The van der Waals surface area contributed by atoms with Crippen LogP contribution in [0.5, 0.6) is 0 Å². The lowest BCUT2D eigenvalue weighted by Gasteiger charge is -2.03. The van der Waals surface area contributed by atoms with Crippen LogP contribution in [0.4, 0.5) is 0 Å². The minimum Gasteiger partial charge on any atom is -0.359 e. The molecule has 0 aromatic carbocycles. The minimum absolute atomic E-state index is 0.982. The summed E-state index contributed by atoms with van der Waals surface area (Å²) in [5, 5.41) is 0. The summed E-state index contributed by atoms with van der Waals surface area (Å²) in [6.45, 7) is 2.29. The van der Waals surface area contributed by atoms with E-state index in [1.54, 1.807) is 0 Å². The monoisotopic (exact) mass is 335 g/mol. The molecule has 0 aromatic heterocycles. The molecule has 2 N–H and O–H groups in total. The van der Waals surface area contributed by atoms with E-state index < -0.39 is 0 Å². The summed E-state index contributed by atoms with van der Waals surface area (Å²) in [6.07, 6.45) is 28.1. The molecule has 1 nitrogen and oxygen atoms in total. The summed E-state index contributed by atoms with van der Waals surface area (Å²) in [4.78, 5) is 0. The molecular weight excluding hydrogens is 290 g/mol. The van der Waals surface area contributed by atoms with Gasteiger partial charge in [0.2, 0.25) is 0 Å². The SMILES string of the molecule is CCCCCCCCCCCCCCCCCCCCCC#CN. The van der Waals surface area contributed by atoms with Crippen molar-refractivity contribution in [1.29, 1.82) is 0 Å². The van der Waals surface area contributed by atoms with Gasteiger partial charge >= 0.3 is 0 Å². The molecule has 0 rings (SSSR count). The molecule has 0 aliphatic carbocycles. The van der Waals surface area contributed by atoms with Gasteiger partial charge < -0.3 is 5.73 Å². The van der Waals surface area contributed by atoms with Crippen molar-refractivity contribution in [2.75, 3.05) is 0 Å². The van der Waals surface area contributed by atoms with Crippen LogP contribution in [-0.4, -0.2) is 0 Å². The zero-order chi connectivity index (χ0) is 17.6. The normalized spacial score (nSPS) is 10.5. The minimum atomic E-state index is 0.982. The van der Waals surface area contributed by atoms with E-state index in [1.165, 1.54) is 122 Å². The molecule has 0 unspecified atom stereocenters. The van der Waals surface area contributed by atoms with Crippen LogP contribution in [0.15, 0.2) is 0 Å². The van der Waals surface area contributed by atoms with Crippen LogP contribution in [0.1, 0.15) is 135 Å². The largest absolute Gasteiger partial charge is 0.359 e. The van der Waals surface area contributed by atoms with Crippen molar-refractivity contribution in [1.82, 2.24) is 0 Å². The molecule has 0 radical (unpaired) electrons. The van der Waals surface area contributed by atoms with E-state index in [1.807, 2.05) is 0 Å². The van der Waals surface area contributed by atoms with E-state index in [2.05, 4.69) is 18.9 Å². The Labute approximate surface area is 153 Å². The summed E-state index contributed by atoms with van der Waals surface area (Å²) in [6, 6.07) is 2.48. The molecule has 142 valence electrons. The molecule has 0 saturated carbocycles. The fourth-order valence-corrected chi connectivity index (χ4v) is 3.36. The highest BCUT2D eigenvalue weighted by molar-refractivity contribution is 4.93. The van der Waals surface area contributed by atoms with Crippen LogP contribution in [0.3, 0.4) is 0 Å². The van der Waals surface area contributed by atoms with Crippen molar-refractivity contribution in [3.63, 3.8) is 0 Å². The number of unbranched alkanes of at least 4 members (excludes halogenated alkanes) is 19. The van der Waals surface area contributed by atoms with Crippen LogP contribution < -0.4 is 5.73 Å². The van der Waals surface area contributed by atoms with Crippen molar-refractivity contribution in [2.45, 2.75) is 135 Å². The lowest BCUT2D eigenvalue weighted by molar-refractivity contribution is 0.524. The average Bonchev–Trinajstić information content (AvgIpc) is 2.60. The van der Waals surface area contributed by atoms with Crippen molar-refractivity contribution in [3.8, 4) is 12.0 Å². The van der Waals surface area contributed by atoms with E-state index in [9.17, 15) is 0 Å². The second-order valence-electron chi connectivity index (χ2n) is 7.44. The Kier molecular flexibility index (Phi) is 21.8. The molecule has 0 spiro atoms. The van der Waals surface area contributed by atoms with Crippen molar-refractivity contribution in [3.05, 3.63) is 0 Å². The topological polar surface area (TPSA) is 26.0 Å². The van der Waals surface area contributed by atoms with Crippen molar-refractivity contribution < 1.29 is 0 Å². The van der Waals surface area contributed by atoms with E-state index in [-0.39, 0.29) is 0 Å². The van der Waals surface area contributed by atoms with Crippen molar-refractivity contribution >= 4 is 0 Å². The second-order valence-corrected chi connectivity index (χ2v) is 7.44. The van der Waals surface area contributed by atoms with Crippen LogP contribution >= 0.6 is 0 Å². The smallest absolute Gasteiger partial charge is 0.0107 e. The van der Waals surface area contributed by atoms with Gasteiger partial charge in [0.25, 0.3) is 0 Å². The first-order valence-electron chi connectivity index (χ1n) is 11.1. The van der Waals surface area contributed by atoms with Gasteiger partial charge in [-0.3, -0.25) is 0 Å². The summed E-state index contributed by atoms with van der Waals surface area (Å²) >= 11 is 0. The Balaban J connectivity index is 2.96. The molecule has 0 aliphatic rings. The first-order chi connectivity index (χ1) is 11.9. The van der Waals surface area contributed by atoms with Crippen LogP contribution in [0, 0.1) is 12.0 Å². The van der Waals surface area contributed by atoms with E-state index >= 15 is 0 Å². The van der Waals surface area contributed by atoms with Gasteiger partial charge in [-0.05, 0) is 6.42 Å². The fourth-order valence-electron chi connectivity index (χ4n) is 3.36. The quantitative estimate of drug-likeness (QED) is 0.146. The highest BCUT2D eigenvalue weighted by Gasteiger charge is 1.95. The Bertz CT molecular complexity index is 273. The highest BCUT2D eigenvalue weighted by Crippen LogP contribution is 2.14. The third-order valence-corrected chi connectivity index (χ3v) is 5.01. The molecule has 24 heavy (non-hydrogen) atoms.